The molecular weight excluding hydrogens is 530 g/mol. The molecule has 33 heavy (non-hydrogen) atoms. The minimum Gasteiger partial charge on any atom is -1.00 e. The van der Waals surface area contributed by atoms with Gasteiger partial charge in [0.15, 0.2) is 0 Å². The maximum atomic E-state index is 2.35. The van der Waals surface area contributed by atoms with E-state index >= 15 is 0 Å². The van der Waals surface area contributed by atoms with Gasteiger partial charge >= 0.3 is 0 Å². The monoisotopic (exact) mass is 572 g/mol. The van der Waals surface area contributed by atoms with E-state index in [9.17, 15) is 0 Å². The van der Waals surface area contributed by atoms with Crippen LogP contribution in [0.3, 0.4) is 0 Å². The number of rotatable bonds is 15. The Kier molecular flexibility index (Phi) is 14.0. The van der Waals surface area contributed by atoms with Crippen molar-refractivity contribution in [3.05, 3.63) is 108 Å². The van der Waals surface area contributed by atoms with Crippen molar-refractivity contribution < 1.29 is 24.0 Å². The lowest BCUT2D eigenvalue weighted by Gasteiger charge is -2.29. The summed E-state index contributed by atoms with van der Waals surface area (Å²) in [5.41, 5.74) is 4.56. The summed E-state index contributed by atoms with van der Waals surface area (Å²) in [5.74, 6) is 0. The third-order valence-corrected chi connectivity index (χ3v) is 10.9. The van der Waals surface area contributed by atoms with Crippen LogP contribution < -0.4 is 24.0 Å². The third kappa shape index (κ3) is 10.7. The first kappa shape index (κ1) is 28.1. The van der Waals surface area contributed by atoms with Gasteiger partial charge in [-0.25, -0.2) is 0 Å². The Balaban J connectivity index is 0.00000385. The summed E-state index contributed by atoms with van der Waals surface area (Å²) in [6, 6.07) is 33.8. The van der Waals surface area contributed by atoms with Gasteiger partial charge in [-0.3, -0.25) is 0 Å². The van der Waals surface area contributed by atoms with Gasteiger partial charge in [0.05, 0.1) is 24.6 Å². The molecule has 0 aliphatic carbocycles. The van der Waals surface area contributed by atoms with Crippen molar-refractivity contribution in [2.24, 2.45) is 0 Å². The minimum absolute atomic E-state index is 0. The van der Waals surface area contributed by atoms with Crippen LogP contribution in [0, 0.1) is 0 Å². The van der Waals surface area contributed by atoms with Crippen molar-refractivity contribution in [2.75, 3.05) is 6.16 Å². The molecular formula is C31H42IP. The number of hydrogen-bond acceptors (Lipinski definition) is 0. The first-order chi connectivity index (χ1) is 15.8. The highest BCUT2D eigenvalue weighted by Crippen LogP contribution is 2.67. The van der Waals surface area contributed by atoms with Crippen molar-refractivity contribution in [1.82, 2.24) is 0 Å². The molecule has 0 amide bonds. The van der Waals surface area contributed by atoms with E-state index in [-0.39, 0.29) is 24.0 Å². The maximum Gasteiger partial charge on any atom is 0.0849 e. The molecule has 3 rings (SSSR count). The Bertz CT molecular complexity index is 746. The third-order valence-electron chi connectivity index (χ3n) is 6.57. The lowest BCUT2D eigenvalue weighted by Crippen LogP contribution is -3.00. The summed E-state index contributed by atoms with van der Waals surface area (Å²) in [4.78, 5) is 0. The van der Waals surface area contributed by atoms with Gasteiger partial charge in [0.25, 0.3) is 0 Å². The van der Waals surface area contributed by atoms with Crippen molar-refractivity contribution in [2.45, 2.75) is 76.8 Å². The van der Waals surface area contributed by atoms with Crippen LogP contribution in [0.2, 0.25) is 0 Å². The number of halogens is 1. The standard InChI is InChI=1S/C31H42P.HI/c1-2-3-4-5-6-7-8-18-25-32(26-29-19-12-9-13-20-29,27-30-21-14-10-15-22-30)28-31-23-16-11-17-24-31;/h9-17,19-24H,2-8,18,25-28H2,1H3;1H/q+1;/p-1. The molecule has 0 bridgehead atoms. The summed E-state index contributed by atoms with van der Waals surface area (Å²) in [6.45, 7) is 2.30. The molecule has 0 radical (unpaired) electrons. The Hall–Kier alpha value is -1.18. The lowest BCUT2D eigenvalue weighted by atomic mass is 10.1. The summed E-state index contributed by atoms with van der Waals surface area (Å²) in [6.07, 6.45) is 16.4. The van der Waals surface area contributed by atoms with Gasteiger partial charge in [-0.2, -0.15) is 0 Å². The normalized spacial score (nSPS) is 11.2. The summed E-state index contributed by atoms with van der Waals surface area (Å²) >= 11 is 0. The van der Waals surface area contributed by atoms with E-state index in [4.69, 9.17) is 0 Å². The molecule has 2 heteroatoms. The van der Waals surface area contributed by atoms with E-state index < -0.39 is 7.26 Å². The van der Waals surface area contributed by atoms with Crippen LogP contribution in [-0.4, -0.2) is 6.16 Å². The average molecular weight is 573 g/mol. The van der Waals surface area contributed by atoms with Crippen LogP contribution in [0.4, 0.5) is 0 Å². The molecule has 0 fully saturated rings. The topological polar surface area (TPSA) is 0 Å². The SMILES string of the molecule is CCCCCCCCCC[P+](Cc1ccccc1)(Cc1ccccc1)Cc1ccccc1.[I-]. The molecule has 0 aliphatic heterocycles. The molecule has 0 spiro atoms. The summed E-state index contributed by atoms with van der Waals surface area (Å²) < 4.78 is 0. The molecule has 0 saturated heterocycles. The van der Waals surface area contributed by atoms with E-state index in [2.05, 4.69) is 97.9 Å². The Morgan fingerprint density at radius 2 is 0.788 bits per heavy atom. The first-order valence-corrected chi connectivity index (χ1v) is 15.3. The average Bonchev–Trinajstić information content (AvgIpc) is 2.83. The van der Waals surface area contributed by atoms with E-state index in [1.807, 2.05) is 0 Å². The Labute approximate surface area is 221 Å². The van der Waals surface area contributed by atoms with E-state index in [0.29, 0.717) is 0 Å². The van der Waals surface area contributed by atoms with Crippen LogP contribution in [0.1, 0.15) is 75.0 Å². The number of benzene rings is 3. The molecule has 0 aliphatic rings. The van der Waals surface area contributed by atoms with Crippen LogP contribution in [-0.2, 0) is 18.5 Å². The fourth-order valence-corrected chi connectivity index (χ4v) is 9.56. The molecule has 0 heterocycles. The molecule has 3 aromatic carbocycles. The van der Waals surface area contributed by atoms with Crippen molar-refractivity contribution in [1.29, 1.82) is 0 Å². The zero-order valence-electron chi connectivity index (χ0n) is 20.5. The quantitative estimate of drug-likeness (QED) is 0.107. The van der Waals surface area contributed by atoms with Gasteiger partial charge in [-0.05, 0) is 29.5 Å². The lowest BCUT2D eigenvalue weighted by molar-refractivity contribution is -0.00000684. The molecule has 0 nitrogen and oxygen atoms in total. The fourth-order valence-electron chi connectivity index (χ4n) is 4.90. The van der Waals surface area contributed by atoms with Gasteiger partial charge < -0.3 is 24.0 Å². The van der Waals surface area contributed by atoms with Crippen molar-refractivity contribution in [3.63, 3.8) is 0 Å². The molecule has 0 aromatic heterocycles. The van der Waals surface area contributed by atoms with Crippen LogP contribution in [0.25, 0.3) is 0 Å². The largest absolute Gasteiger partial charge is 1.00 e. The first-order valence-electron chi connectivity index (χ1n) is 12.8. The highest BCUT2D eigenvalue weighted by Gasteiger charge is 2.37. The second kappa shape index (κ2) is 16.4. The van der Waals surface area contributed by atoms with Crippen molar-refractivity contribution >= 4 is 7.26 Å². The van der Waals surface area contributed by atoms with Gasteiger partial charge in [-0.15, -0.1) is 0 Å². The summed E-state index contributed by atoms with van der Waals surface area (Å²) in [7, 11) is -1.23. The second-order valence-corrected chi connectivity index (χ2v) is 13.6. The molecule has 0 unspecified atom stereocenters. The highest BCUT2D eigenvalue weighted by molar-refractivity contribution is 7.73. The number of unbranched alkanes of at least 4 members (excludes halogenated alkanes) is 7. The Morgan fingerprint density at radius 1 is 0.455 bits per heavy atom. The fraction of sp³-hybridized carbons (Fsp3) is 0.419. The molecule has 3 aromatic rings. The van der Waals surface area contributed by atoms with Crippen LogP contribution in [0.15, 0.2) is 91.0 Å². The molecule has 0 saturated carbocycles. The minimum atomic E-state index is -1.23. The predicted octanol–water partition coefficient (Wildman–Crippen LogP) is 6.75. The van der Waals surface area contributed by atoms with Crippen molar-refractivity contribution in [3.8, 4) is 0 Å². The van der Waals surface area contributed by atoms with E-state index in [1.165, 1.54) is 92.7 Å². The Morgan fingerprint density at radius 3 is 1.15 bits per heavy atom. The molecule has 0 N–H and O–H groups in total. The zero-order chi connectivity index (χ0) is 22.3. The molecule has 178 valence electrons. The zero-order valence-corrected chi connectivity index (χ0v) is 23.5. The smallest absolute Gasteiger partial charge is 0.0849 e. The van der Waals surface area contributed by atoms with Gasteiger partial charge in [-0.1, -0.05) is 136 Å². The van der Waals surface area contributed by atoms with Gasteiger partial charge in [0.1, 0.15) is 0 Å². The maximum absolute atomic E-state index is 2.35. The second-order valence-electron chi connectivity index (χ2n) is 9.47. The molecule has 0 atom stereocenters. The van der Waals surface area contributed by atoms with E-state index in [0.717, 1.165) is 0 Å². The van der Waals surface area contributed by atoms with Crippen LogP contribution in [0.5, 0.6) is 0 Å². The van der Waals surface area contributed by atoms with Gasteiger partial charge in [0, 0.05) is 7.26 Å². The van der Waals surface area contributed by atoms with Gasteiger partial charge in [0.2, 0.25) is 0 Å². The predicted molar refractivity (Wildman–Crippen MR) is 145 cm³/mol. The summed E-state index contributed by atoms with van der Waals surface area (Å²) in [5, 5.41) is 0. The highest BCUT2D eigenvalue weighted by atomic mass is 127. The van der Waals surface area contributed by atoms with Crippen LogP contribution >= 0.6 is 7.26 Å². The number of hydrogen-bond donors (Lipinski definition) is 0. The van der Waals surface area contributed by atoms with E-state index in [1.54, 1.807) is 0 Å².